The fraction of sp³-hybridized carbons (Fsp3) is 0.250. The monoisotopic (exact) mass is 311 g/mol. The maximum absolute atomic E-state index is 12.8. The Balaban J connectivity index is 2.45. The Morgan fingerprint density at radius 1 is 1.39 bits per heavy atom. The van der Waals surface area contributed by atoms with E-state index in [4.69, 9.17) is 0 Å². The third-order valence-corrected chi connectivity index (χ3v) is 3.00. The van der Waals surface area contributed by atoms with Crippen LogP contribution in [0.4, 0.5) is 4.39 Å². The molecule has 18 heavy (non-hydrogen) atoms. The summed E-state index contributed by atoms with van der Waals surface area (Å²) in [5, 5.41) is 4.13. The molecule has 0 radical (unpaired) electrons. The molecular formula is C12H11BrFN3O. The number of nitrogens with zero attached hydrogens (tertiary/aromatic N) is 3. The molecule has 0 saturated carbocycles. The maximum Gasteiger partial charge on any atom is 0.230 e. The first kappa shape index (κ1) is 12.9. The molecular weight excluding hydrogens is 301 g/mol. The van der Waals surface area contributed by atoms with Crippen molar-refractivity contribution in [3.05, 3.63) is 46.2 Å². The Bertz CT molecular complexity index is 578. The predicted molar refractivity (Wildman–Crippen MR) is 67.9 cm³/mol. The number of rotatable bonds is 3. The second kappa shape index (κ2) is 4.97. The molecule has 0 amide bonds. The zero-order valence-corrected chi connectivity index (χ0v) is 11.5. The number of aromatic nitrogens is 3. The largest absolute Gasteiger partial charge is 0.285 e. The molecule has 6 heteroatoms. The number of ketones is 1. The van der Waals surface area contributed by atoms with Crippen LogP contribution in [0.2, 0.25) is 0 Å². The molecule has 0 aliphatic rings. The van der Waals surface area contributed by atoms with Gasteiger partial charge in [0.15, 0.2) is 0 Å². The minimum absolute atomic E-state index is 0.0516. The summed E-state index contributed by atoms with van der Waals surface area (Å²) in [5.41, 5.74) is 0.614. The van der Waals surface area contributed by atoms with E-state index in [-0.39, 0.29) is 17.5 Å². The first-order valence-electron chi connectivity index (χ1n) is 5.40. The van der Waals surface area contributed by atoms with E-state index < -0.39 is 5.82 Å². The van der Waals surface area contributed by atoms with Gasteiger partial charge in [0.25, 0.3) is 0 Å². The molecule has 0 fully saturated rings. The molecule has 0 saturated heterocycles. The normalized spacial score (nSPS) is 10.9. The zero-order valence-electron chi connectivity index (χ0n) is 9.89. The smallest absolute Gasteiger partial charge is 0.230 e. The van der Waals surface area contributed by atoms with Crippen LogP contribution in [0.1, 0.15) is 36.1 Å². The molecule has 0 aliphatic carbocycles. The van der Waals surface area contributed by atoms with Crippen molar-refractivity contribution in [2.45, 2.75) is 19.9 Å². The molecule has 2 heterocycles. The van der Waals surface area contributed by atoms with E-state index in [9.17, 15) is 9.18 Å². The van der Waals surface area contributed by atoms with Gasteiger partial charge in [0.1, 0.15) is 17.2 Å². The van der Waals surface area contributed by atoms with Gasteiger partial charge in [-0.15, -0.1) is 0 Å². The Hall–Kier alpha value is -1.56. The van der Waals surface area contributed by atoms with Crippen molar-refractivity contribution in [2.24, 2.45) is 0 Å². The van der Waals surface area contributed by atoms with Crippen LogP contribution in [0.3, 0.4) is 0 Å². The summed E-state index contributed by atoms with van der Waals surface area (Å²) in [6.45, 7) is 3.85. The van der Waals surface area contributed by atoms with Gasteiger partial charge in [-0.05, 0) is 41.9 Å². The van der Waals surface area contributed by atoms with Gasteiger partial charge in [-0.2, -0.15) is 5.10 Å². The molecule has 0 spiro atoms. The SMILES string of the molecule is CC(C)n1ncc(Br)c1C(=O)c1ccc(F)cn1. The number of carbonyl (C=O) groups is 1. The van der Waals surface area contributed by atoms with Gasteiger partial charge in [-0.25, -0.2) is 9.37 Å². The second-order valence-corrected chi connectivity index (χ2v) is 4.92. The van der Waals surface area contributed by atoms with Gasteiger partial charge in [-0.3, -0.25) is 9.48 Å². The minimum atomic E-state index is -0.469. The van der Waals surface area contributed by atoms with E-state index in [1.54, 1.807) is 10.9 Å². The highest BCUT2D eigenvalue weighted by molar-refractivity contribution is 9.10. The van der Waals surface area contributed by atoms with Gasteiger partial charge in [0.2, 0.25) is 5.78 Å². The fourth-order valence-corrected chi connectivity index (χ4v) is 2.03. The van der Waals surface area contributed by atoms with Crippen molar-refractivity contribution in [1.29, 1.82) is 0 Å². The average molecular weight is 312 g/mol. The van der Waals surface area contributed by atoms with Crippen LogP contribution < -0.4 is 0 Å². The van der Waals surface area contributed by atoms with E-state index in [2.05, 4.69) is 26.0 Å². The molecule has 0 atom stereocenters. The van der Waals surface area contributed by atoms with Crippen molar-refractivity contribution in [1.82, 2.24) is 14.8 Å². The van der Waals surface area contributed by atoms with E-state index in [0.717, 1.165) is 6.20 Å². The lowest BCUT2D eigenvalue weighted by atomic mass is 10.2. The standard InChI is InChI=1S/C12H11BrFN3O/c1-7(2)17-11(9(13)6-16-17)12(18)10-4-3-8(14)5-15-10/h3-7H,1-2H3. The van der Waals surface area contributed by atoms with Crippen molar-refractivity contribution in [3.8, 4) is 0 Å². The Morgan fingerprint density at radius 2 is 2.11 bits per heavy atom. The minimum Gasteiger partial charge on any atom is -0.285 e. The third-order valence-electron chi connectivity index (χ3n) is 2.42. The van der Waals surface area contributed by atoms with Gasteiger partial charge in [-0.1, -0.05) is 0 Å². The van der Waals surface area contributed by atoms with Crippen LogP contribution in [-0.4, -0.2) is 20.5 Å². The summed E-state index contributed by atoms with van der Waals surface area (Å²) >= 11 is 3.29. The summed E-state index contributed by atoms with van der Waals surface area (Å²) in [6.07, 6.45) is 2.59. The number of halogens is 2. The Kier molecular flexibility index (Phi) is 3.56. The number of carbonyl (C=O) groups excluding carboxylic acids is 1. The van der Waals surface area contributed by atoms with Crippen LogP contribution in [0, 0.1) is 5.82 Å². The van der Waals surface area contributed by atoms with Crippen LogP contribution in [0.5, 0.6) is 0 Å². The summed E-state index contributed by atoms with van der Waals surface area (Å²) in [5.74, 6) is -0.754. The maximum atomic E-state index is 12.8. The molecule has 4 nitrogen and oxygen atoms in total. The summed E-state index contributed by atoms with van der Waals surface area (Å²) in [4.78, 5) is 16.1. The molecule has 0 N–H and O–H groups in total. The molecule has 0 aliphatic heterocycles. The molecule has 2 aromatic rings. The van der Waals surface area contributed by atoms with Crippen LogP contribution in [0.25, 0.3) is 0 Å². The topological polar surface area (TPSA) is 47.8 Å². The summed E-state index contributed by atoms with van der Waals surface area (Å²) in [7, 11) is 0. The van der Waals surface area contributed by atoms with Gasteiger partial charge in [0, 0.05) is 6.04 Å². The Labute approximate surface area is 112 Å². The molecule has 2 rings (SSSR count). The van der Waals surface area contributed by atoms with Crippen molar-refractivity contribution in [2.75, 3.05) is 0 Å². The lowest BCUT2D eigenvalue weighted by Gasteiger charge is -2.10. The van der Waals surface area contributed by atoms with Crippen molar-refractivity contribution in [3.63, 3.8) is 0 Å². The van der Waals surface area contributed by atoms with E-state index in [1.165, 1.54) is 12.1 Å². The van der Waals surface area contributed by atoms with Gasteiger partial charge >= 0.3 is 0 Å². The first-order valence-corrected chi connectivity index (χ1v) is 6.19. The lowest BCUT2D eigenvalue weighted by Crippen LogP contribution is -2.15. The van der Waals surface area contributed by atoms with E-state index in [1.807, 2.05) is 13.8 Å². The number of hydrogen-bond donors (Lipinski definition) is 0. The van der Waals surface area contributed by atoms with Gasteiger partial charge < -0.3 is 0 Å². The highest BCUT2D eigenvalue weighted by Crippen LogP contribution is 2.22. The molecule has 94 valence electrons. The average Bonchev–Trinajstić information content (AvgIpc) is 2.71. The highest BCUT2D eigenvalue weighted by atomic mass is 79.9. The highest BCUT2D eigenvalue weighted by Gasteiger charge is 2.21. The lowest BCUT2D eigenvalue weighted by molar-refractivity contribution is 0.102. The zero-order chi connectivity index (χ0) is 13.3. The van der Waals surface area contributed by atoms with E-state index >= 15 is 0 Å². The number of pyridine rings is 1. The van der Waals surface area contributed by atoms with Crippen LogP contribution >= 0.6 is 15.9 Å². The van der Waals surface area contributed by atoms with Crippen molar-refractivity contribution >= 4 is 21.7 Å². The van der Waals surface area contributed by atoms with Crippen molar-refractivity contribution < 1.29 is 9.18 Å². The van der Waals surface area contributed by atoms with Crippen LogP contribution in [-0.2, 0) is 0 Å². The molecule has 2 aromatic heterocycles. The predicted octanol–water partition coefficient (Wildman–Crippen LogP) is 2.99. The molecule has 0 unspecified atom stereocenters. The van der Waals surface area contributed by atoms with Crippen LogP contribution in [0.15, 0.2) is 29.0 Å². The summed E-state index contributed by atoms with van der Waals surface area (Å²) < 4.78 is 15.0. The molecule has 0 bridgehead atoms. The second-order valence-electron chi connectivity index (χ2n) is 4.07. The first-order chi connectivity index (χ1) is 8.50. The quantitative estimate of drug-likeness (QED) is 0.819. The van der Waals surface area contributed by atoms with E-state index in [0.29, 0.717) is 10.2 Å². The van der Waals surface area contributed by atoms with Gasteiger partial charge in [0.05, 0.1) is 16.9 Å². The third kappa shape index (κ3) is 2.33. The summed E-state index contributed by atoms with van der Waals surface area (Å²) in [6, 6.07) is 2.63. The number of hydrogen-bond acceptors (Lipinski definition) is 3. The Morgan fingerprint density at radius 3 is 2.67 bits per heavy atom. The fourth-order valence-electron chi connectivity index (χ4n) is 1.58. The molecule has 0 aromatic carbocycles.